The van der Waals surface area contributed by atoms with Gasteiger partial charge in [0.25, 0.3) is 0 Å². The molecule has 96 valence electrons. The van der Waals surface area contributed by atoms with E-state index in [0.717, 1.165) is 30.8 Å². The van der Waals surface area contributed by atoms with E-state index >= 15 is 0 Å². The molecule has 0 spiro atoms. The SMILES string of the molecule is CCc1ccsc1CNc1ncnc(Cl)c1CC. The Bertz CT molecular complexity index is 525. The monoisotopic (exact) mass is 281 g/mol. The third-order valence-electron chi connectivity index (χ3n) is 2.88. The third kappa shape index (κ3) is 2.82. The Balaban J connectivity index is 2.13. The van der Waals surface area contributed by atoms with E-state index in [9.17, 15) is 0 Å². The average molecular weight is 282 g/mol. The number of rotatable bonds is 5. The number of halogens is 1. The maximum Gasteiger partial charge on any atom is 0.137 e. The zero-order valence-electron chi connectivity index (χ0n) is 10.5. The third-order valence-corrected chi connectivity index (χ3v) is 4.17. The number of aromatic nitrogens is 2. The van der Waals surface area contributed by atoms with E-state index in [1.54, 1.807) is 11.3 Å². The molecule has 0 amide bonds. The van der Waals surface area contributed by atoms with Gasteiger partial charge in [-0.1, -0.05) is 25.4 Å². The maximum atomic E-state index is 6.06. The zero-order chi connectivity index (χ0) is 13.0. The summed E-state index contributed by atoms with van der Waals surface area (Å²) in [4.78, 5) is 9.63. The van der Waals surface area contributed by atoms with Crippen LogP contribution < -0.4 is 5.32 Å². The van der Waals surface area contributed by atoms with Gasteiger partial charge in [0.05, 0.1) is 6.54 Å². The van der Waals surface area contributed by atoms with Crippen LogP contribution in [0.4, 0.5) is 5.82 Å². The predicted octanol–water partition coefficient (Wildman–Crippen LogP) is 3.93. The molecule has 0 aliphatic carbocycles. The van der Waals surface area contributed by atoms with E-state index in [2.05, 4.69) is 40.6 Å². The van der Waals surface area contributed by atoms with E-state index in [4.69, 9.17) is 11.6 Å². The second-order valence-corrected chi connectivity index (χ2v) is 5.28. The van der Waals surface area contributed by atoms with Crippen molar-refractivity contribution < 1.29 is 0 Å². The molecule has 0 aromatic carbocycles. The van der Waals surface area contributed by atoms with E-state index < -0.39 is 0 Å². The first-order chi connectivity index (χ1) is 8.76. The van der Waals surface area contributed by atoms with E-state index in [1.165, 1.54) is 16.8 Å². The summed E-state index contributed by atoms with van der Waals surface area (Å²) in [5.74, 6) is 0.841. The highest BCUT2D eigenvalue weighted by Gasteiger charge is 2.09. The Labute approximate surface area is 116 Å². The molecule has 0 saturated carbocycles. The van der Waals surface area contributed by atoms with Gasteiger partial charge in [-0.3, -0.25) is 0 Å². The lowest BCUT2D eigenvalue weighted by Crippen LogP contribution is -2.05. The number of aryl methyl sites for hydroxylation is 1. The zero-order valence-corrected chi connectivity index (χ0v) is 12.1. The van der Waals surface area contributed by atoms with Gasteiger partial charge in [0.15, 0.2) is 0 Å². The van der Waals surface area contributed by atoms with Gasteiger partial charge in [-0.05, 0) is 29.9 Å². The summed E-state index contributed by atoms with van der Waals surface area (Å²) in [6.07, 6.45) is 3.39. The van der Waals surface area contributed by atoms with Gasteiger partial charge in [0.1, 0.15) is 17.3 Å². The van der Waals surface area contributed by atoms with Gasteiger partial charge >= 0.3 is 0 Å². The van der Waals surface area contributed by atoms with Crippen molar-refractivity contribution in [2.45, 2.75) is 33.2 Å². The minimum absolute atomic E-state index is 0.539. The van der Waals surface area contributed by atoms with Crippen LogP contribution in [0.1, 0.15) is 29.9 Å². The molecule has 0 saturated heterocycles. The maximum absolute atomic E-state index is 6.06. The lowest BCUT2D eigenvalue weighted by molar-refractivity contribution is 1.01. The van der Waals surface area contributed by atoms with E-state index in [1.807, 2.05) is 0 Å². The molecule has 2 aromatic heterocycles. The molecular formula is C13H16ClN3S. The molecule has 5 heteroatoms. The van der Waals surface area contributed by atoms with Crippen LogP contribution in [0, 0.1) is 0 Å². The highest BCUT2D eigenvalue weighted by molar-refractivity contribution is 7.10. The highest BCUT2D eigenvalue weighted by Crippen LogP contribution is 2.23. The van der Waals surface area contributed by atoms with E-state index in [0.29, 0.717) is 5.15 Å². The summed E-state index contributed by atoms with van der Waals surface area (Å²) in [6, 6.07) is 2.18. The summed E-state index contributed by atoms with van der Waals surface area (Å²) >= 11 is 7.83. The lowest BCUT2D eigenvalue weighted by Gasteiger charge is -2.10. The average Bonchev–Trinajstić information content (AvgIpc) is 2.83. The van der Waals surface area contributed by atoms with Crippen LogP contribution in [-0.4, -0.2) is 9.97 Å². The fraction of sp³-hybridized carbons (Fsp3) is 0.385. The smallest absolute Gasteiger partial charge is 0.137 e. The first-order valence-corrected chi connectivity index (χ1v) is 7.30. The molecule has 2 aromatic rings. The molecule has 3 nitrogen and oxygen atoms in total. The fourth-order valence-corrected chi connectivity index (χ4v) is 3.04. The highest BCUT2D eigenvalue weighted by atomic mass is 35.5. The largest absolute Gasteiger partial charge is 0.365 e. The molecule has 0 unspecified atom stereocenters. The van der Waals surface area contributed by atoms with Crippen molar-refractivity contribution in [3.8, 4) is 0 Å². The molecule has 0 atom stereocenters. The summed E-state index contributed by atoms with van der Waals surface area (Å²) in [5.41, 5.74) is 2.37. The topological polar surface area (TPSA) is 37.8 Å². The van der Waals surface area contributed by atoms with Crippen LogP contribution in [0.2, 0.25) is 5.15 Å². The molecule has 0 bridgehead atoms. The molecule has 2 rings (SSSR count). The fourth-order valence-electron chi connectivity index (χ4n) is 1.86. The minimum atomic E-state index is 0.539. The first-order valence-electron chi connectivity index (χ1n) is 6.04. The summed E-state index contributed by atoms with van der Waals surface area (Å²) < 4.78 is 0. The Morgan fingerprint density at radius 3 is 2.83 bits per heavy atom. The molecule has 2 heterocycles. The number of thiophene rings is 1. The standard InChI is InChI=1S/C13H16ClN3S/c1-3-9-5-6-18-11(9)7-15-13-10(4-2)12(14)16-8-17-13/h5-6,8H,3-4,7H2,1-2H3,(H,15,16,17). The second-order valence-electron chi connectivity index (χ2n) is 3.92. The lowest BCUT2D eigenvalue weighted by atomic mass is 10.2. The minimum Gasteiger partial charge on any atom is -0.365 e. The normalized spacial score (nSPS) is 10.6. The van der Waals surface area contributed by atoms with Gasteiger partial charge in [-0.25, -0.2) is 9.97 Å². The molecule has 0 radical (unpaired) electrons. The van der Waals surface area contributed by atoms with Crippen molar-refractivity contribution in [1.29, 1.82) is 0 Å². The van der Waals surface area contributed by atoms with E-state index in [-0.39, 0.29) is 0 Å². The van der Waals surface area contributed by atoms with Crippen molar-refractivity contribution in [3.63, 3.8) is 0 Å². The summed E-state index contributed by atoms with van der Waals surface area (Å²) in [6.45, 7) is 5.02. The van der Waals surface area contributed by atoms with Crippen LogP contribution in [0.15, 0.2) is 17.8 Å². The number of nitrogens with zero attached hydrogens (tertiary/aromatic N) is 2. The molecule has 1 N–H and O–H groups in total. The van der Waals surface area contributed by atoms with Crippen LogP contribution in [-0.2, 0) is 19.4 Å². The molecular weight excluding hydrogens is 266 g/mol. The van der Waals surface area contributed by atoms with Crippen molar-refractivity contribution in [2.75, 3.05) is 5.32 Å². The summed E-state index contributed by atoms with van der Waals surface area (Å²) in [7, 11) is 0. The number of hydrogen-bond acceptors (Lipinski definition) is 4. The quantitative estimate of drug-likeness (QED) is 0.844. The van der Waals surface area contributed by atoms with Crippen molar-refractivity contribution in [3.05, 3.63) is 38.9 Å². The van der Waals surface area contributed by atoms with Crippen molar-refractivity contribution in [2.24, 2.45) is 0 Å². The van der Waals surface area contributed by atoms with Crippen LogP contribution in [0.3, 0.4) is 0 Å². The molecule has 0 fully saturated rings. The Hall–Kier alpha value is -1.13. The molecule has 0 aliphatic heterocycles. The van der Waals surface area contributed by atoms with Crippen LogP contribution in [0.25, 0.3) is 0 Å². The number of hydrogen-bond donors (Lipinski definition) is 1. The van der Waals surface area contributed by atoms with Gasteiger partial charge in [-0.2, -0.15) is 0 Å². The first kappa shape index (κ1) is 13.3. The van der Waals surface area contributed by atoms with Crippen molar-refractivity contribution >= 4 is 28.8 Å². The molecule has 0 aliphatic rings. The second kappa shape index (κ2) is 6.16. The number of nitrogens with one attached hydrogen (secondary N) is 1. The Kier molecular flexibility index (Phi) is 4.55. The van der Waals surface area contributed by atoms with Gasteiger partial charge < -0.3 is 5.32 Å². The number of anilines is 1. The Morgan fingerprint density at radius 2 is 2.11 bits per heavy atom. The molecule has 18 heavy (non-hydrogen) atoms. The van der Waals surface area contributed by atoms with Gasteiger partial charge in [-0.15, -0.1) is 11.3 Å². The van der Waals surface area contributed by atoms with Gasteiger partial charge in [0.2, 0.25) is 0 Å². The van der Waals surface area contributed by atoms with Gasteiger partial charge in [0, 0.05) is 10.4 Å². The van der Waals surface area contributed by atoms with Crippen LogP contribution >= 0.6 is 22.9 Å². The van der Waals surface area contributed by atoms with Crippen molar-refractivity contribution in [1.82, 2.24) is 9.97 Å². The Morgan fingerprint density at radius 1 is 1.28 bits per heavy atom. The summed E-state index contributed by atoms with van der Waals surface area (Å²) in [5, 5.41) is 6.02. The predicted molar refractivity (Wildman–Crippen MR) is 77.4 cm³/mol. The van der Waals surface area contributed by atoms with Crippen LogP contribution in [0.5, 0.6) is 0 Å².